The van der Waals surface area contributed by atoms with Gasteiger partial charge < -0.3 is 20.9 Å². The first-order chi connectivity index (χ1) is 13.8. The zero-order valence-electron chi connectivity index (χ0n) is 16.2. The van der Waals surface area contributed by atoms with Crippen LogP contribution in [0.4, 0.5) is 5.69 Å². The first-order valence-corrected chi connectivity index (χ1v) is 10.8. The number of ether oxygens (including phenoxy) is 1. The Bertz CT molecular complexity index is 1040. The van der Waals surface area contributed by atoms with Crippen LogP contribution in [-0.2, 0) is 16.4 Å². The summed E-state index contributed by atoms with van der Waals surface area (Å²) in [6.07, 6.45) is 1.42. The van der Waals surface area contributed by atoms with Gasteiger partial charge in [0.05, 0.1) is 23.8 Å². The minimum absolute atomic E-state index is 0.0735. The number of benzene rings is 1. The summed E-state index contributed by atoms with van der Waals surface area (Å²) in [6, 6.07) is 7.64. The zero-order chi connectivity index (χ0) is 21.4. The van der Waals surface area contributed by atoms with Crippen LogP contribution in [0.25, 0.3) is 0 Å². The number of carbonyl (C=O) groups excluding carboxylic acids is 1. The SMILES string of the molecule is CCOc1nc(C(=O)NCc2ccc(S(C)(=O)=O)cc2)cc(N)c1C#CCCO. The highest BCUT2D eigenvalue weighted by molar-refractivity contribution is 7.90. The minimum Gasteiger partial charge on any atom is -0.477 e. The lowest BCUT2D eigenvalue weighted by atomic mass is 10.2. The fourth-order valence-corrected chi connectivity index (χ4v) is 2.99. The molecule has 1 amide bonds. The van der Waals surface area contributed by atoms with Crippen molar-refractivity contribution in [3.8, 4) is 17.7 Å². The van der Waals surface area contributed by atoms with Crippen molar-refractivity contribution in [2.24, 2.45) is 0 Å². The molecule has 2 aromatic rings. The summed E-state index contributed by atoms with van der Waals surface area (Å²) in [7, 11) is -3.27. The number of pyridine rings is 1. The zero-order valence-corrected chi connectivity index (χ0v) is 17.0. The summed E-state index contributed by atoms with van der Waals surface area (Å²) in [5.74, 6) is 5.26. The van der Waals surface area contributed by atoms with Gasteiger partial charge in [-0.25, -0.2) is 13.4 Å². The standard InChI is InChI=1S/C20H23N3O5S/c1-3-28-20-16(6-4-5-11-24)17(21)12-18(23-20)19(25)22-13-14-7-9-15(10-8-14)29(2,26)27/h7-10,12,24H,3,5,11,13H2,1-2H3,(H2,21,23)(H,22,25). The van der Waals surface area contributed by atoms with E-state index >= 15 is 0 Å². The lowest BCUT2D eigenvalue weighted by molar-refractivity contribution is 0.0944. The van der Waals surface area contributed by atoms with Gasteiger partial charge in [0.15, 0.2) is 9.84 Å². The molecule has 0 radical (unpaired) electrons. The van der Waals surface area contributed by atoms with Crippen molar-refractivity contribution in [1.82, 2.24) is 10.3 Å². The Balaban J connectivity index is 2.17. The molecule has 9 heteroatoms. The number of aromatic nitrogens is 1. The largest absolute Gasteiger partial charge is 0.477 e. The highest BCUT2D eigenvalue weighted by Crippen LogP contribution is 2.23. The number of hydrogen-bond donors (Lipinski definition) is 3. The van der Waals surface area contributed by atoms with Crippen LogP contribution in [0.1, 0.15) is 35.0 Å². The molecule has 29 heavy (non-hydrogen) atoms. The molecule has 0 bridgehead atoms. The van der Waals surface area contributed by atoms with Crippen LogP contribution in [0.5, 0.6) is 5.88 Å². The molecule has 1 aromatic carbocycles. The molecule has 1 heterocycles. The molecular formula is C20H23N3O5S. The minimum atomic E-state index is -3.27. The van der Waals surface area contributed by atoms with E-state index in [1.54, 1.807) is 19.1 Å². The maximum absolute atomic E-state index is 12.5. The number of nitrogens with zero attached hydrogens (tertiary/aromatic N) is 1. The van der Waals surface area contributed by atoms with Crippen molar-refractivity contribution < 1.29 is 23.1 Å². The quantitative estimate of drug-likeness (QED) is 0.575. The number of rotatable bonds is 7. The molecule has 0 aliphatic heterocycles. The normalized spacial score (nSPS) is 10.7. The van der Waals surface area contributed by atoms with E-state index < -0.39 is 15.7 Å². The highest BCUT2D eigenvalue weighted by atomic mass is 32.2. The van der Waals surface area contributed by atoms with Crippen LogP contribution >= 0.6 is 0 Å². The van der Waals surface area contributed by atoms with Crippen molar-refractivity contribution in [3.63, 3.8) is 0 Å². The number of nitrogen functional groups attached to an aromatic ring is 1. The molecular weight excluding hydrogens is 394 g/mol. The second-order valence-electron chi connectivity index (χ2n) is 6.08. The summed E-state index contributed by atoms with van der Waals surface area (Å²) < 4.78 is 28.5. The van der Waals surface area contributed by atoms with Gasteiger partial charge in [-0.1, -0.05) is 24.0 Å². The summed E-state index contributed by atoms with van der Waals surface area (Å²) in [5, 5.41) is 11.6. The van der Waals surface area contributed by atoms with Crippen LogP contribution in [0.2, 0.25) is 0 Å². The molecule has 1 aromatic heterocycles. The van der Waals surface area contributed by atoms with Gasteiger partial charge in [0, 0.05) is 19.2 Å². The molecule has 0 spiro atoms. The van der Waals surface area contributed by atoms with Gasteiger partial charge in [0.25, 0.3) is 5.91 Å². The molecule has 0 unspecified atom stereocenters. The summed E-state index contributed by atoms with van der Waals surface area (Å²) in [5.41, 5.74) is 7.44. The topological polar surface area (TPSA) is 132 Å². The predicted molar refractivity (Wildman–Crippen MR) is 109 cm³/mol. The molecule has 2 rings (SSSR count). The monoisotopic (exact) mass is 417 g/mol. The fraction of sp³-hybridized carbons (Fsp3) is 0.300. The Morgan fingerprint density at radius 2 is 2.00 bits per heavy atom. The number of sulfone groups is 1. The van der Waals surface area contributed by atoms with Crippen LogP contribution in [0.3, 0.4) is 0 Å². The number of amides is 1. The number of hydrogen-bond acceptors (Lipinski definition) is 7. The average Bonchev–Trinajstić information content (AvgIpc) is 2.67. The maximum atomic E-state index is 12.5. The number of nitrogens with two attached hydrogens (primary N) is 1. The van der Waals surface area contributed by atoms with Gasteiger partial charge in [-0.3, -0.25) is 4.79 Å². The van der Waals surface area contributed by atoms with Crippen molar-refractivity contribution >= 4 is 21.4 Å². The third kappa shape index (κ3) is 6.20. The van der Waals surface area contributed by atoms with E-state index in [9.17, 15) is 13.2 Å². The fourth-order valence-electron chi connectivity index (χ4n) is 2.36. The average molecular weight is 417 g/mol. The van der Waals surface area contributed by atoms with Crippen LogP contribution in [0, 0.1) is 11.8 Å². The van der Waals surface area contributed by atoms with E-state index in [-0.39, 0.29) is 41.7 Å². The van der Waals surface area contributed by atoms with E-state index in [1.165, 1.54) is 18.2 Å². The van der Waals surface area contributed by atoms with Crippen molar-refractivity contribution in [3.05, 3.63) is 47.2 Å². The highest BCUT2D eigenvalue weighted by Gasteiger charge is 2.15. The number of nitrogens with one attached hydrogen (secondary N) is 1. The molecule has 0 saturated heterocycles. The van der Waals surface area contributed by atoms with Gasteiger partial charge in [-0.05, 0) is 30.7 Å². The number of aliphatic hydroxyl groups excluding tert-OH is 1. The van der Waals surface area contributed by atoms with E-state index in [1.807, 2.05) is 0 Å². The second kappa shape index (κ2) is 9.91. The molecule has 4 N–H and O–H groups in total. The van der Waals surface area contributed by atoms with Crippen molar-refractivity contribution in [1.29, 1.82) is 0 Å². The molecule has 154 valence electrons. The molecule has 8 nitrogen and oxygen atoms in total. The number of anilines is 1. The summed E-state index contributed by atoms with van der Waals surface area (Å²) in [4.78, 5) is 16.9. The maximum Gasteiger partial charge on any atom is 0.270 e. The molecule has 0 aliphatic carbocycles. The van der Waals surface area contributed by atoms with Gasteiger partial charge in [0.1, 0.15) is 11.3 Å². The third-order valence-corrected chi connectivity index (χ3v) is 4.91. The Morgan fingerprint density at radius 3 is 2.59 bits per heavy atom. The Kier molecular flexibility index (Phi) is 7.59. The Labute approximate surface area is 170 Å². The lowest BCUT2D eigenvalue weighted by Gasteiger charge is -2.11. The van der Waals surface area contributed by atoms with E-state index in [2.05, 4.69) is 22.1 Å². The van der Waals surface area contributed by atoms with Crippen LogP contribution in [0.15, 0.2) is 35.2 Å². The van der Waals surface area contributed by atoms with E-state index in [0.717, 1.165) is 11.8 Å². The summed E-state index contributed by atoms with van der Waals surface area (Å²) in [6.45, 7) is 2.21. The Hall–Kier alpha value is -3.09. The lowest BCUT2D eigenvalue weighted by Crippen LogP contribution is -2.24. The predicted octanol–water partition coefficient (Wildman–Crippen LogP) is 1.13. The molecule has 0 fully saturated rings. The first-order valence-electron chi connectivity index (χ1n) is 8.86. The van der Waals surface area contributed by atoms with Crippen molar-refractivity contribution in [2.75, 3.05) is 25.2 Å². The van der Waals surface area contributed by atoms with Crippen LogP contribution in [-0.4, -0.2) is 43.9 Å². The molecule has 0 atom stereocenters. The van der Waals surface area contributed by atoms with Gasteiger partial charge in [0.2, 0.25) is 5.88 Å². The van der Waals surface area contributed by atoms with E-state index in [0.29, 0.717) is 12.2 Å². The van der Waals surface area contributed by atoms with Gasteiger partial charge >= 0.3 is 0 Å². The second-order valence-corrected chi connectivity index (χ2v) is 8.10. The van der Waals surface area contributed by atoms with Gasteiger partial charge in [-0.2, -0.15) is 0 Å². The van der Waals surface area contributed by atoms with E-state index in [4.69, 9.17) is 15.6 Å². The summed E-state index contributed by atoms with van der Waals surface area (Å²) >= 11 is 0. The number of aliphatic hydroxyl groups is 1. The Morgan fingerprint density at radius 1 is 1.31 bits per heavy atom. The van der Waals surface area contributed by atoms with Gasteiger partial charge in [-0.15, -0.1) is 0 Å². The molecule has 0 saturated carbocycles. The molecule has 0 aliphatic rings. The number of carbonyl (C=O) groups is 1. The van der Waals surface area contributed by atoms with Crippen molar-refractivity contribution in [2.45, 2.75) is 24.8 Å². The third-order valence-electron chi connectivity index (χ3n) is 3.79. The van der Waals surface area contributed by atoms with Crippen LogP contribution < -0.4 is 15.8 Å². The smallest absolute Gasteiger partial charge is 0.270 e. The first kappa shape index (κ1) is 22.2.